The fourth-order valence-corrected chi connectivity index (χ4v) is 3.45. The molecule has 0 fully saturated rings. The molecule has 0 aromatic heterocycles. The van der Waals surface area contributed by atoms with Gasteiger partial charge in [0.1, 0.15) is 11.8 Å². The van der Waals surface area contributed by atoms with Crippen molar-refractivity contribution in [3.63, 3.8) is 0 Å². The Morgan fingerprint density at radius 1 is 1.00 bits per heavy atom. The van der Waals surface area contributed by atoms with Crippen LogP contribution in [-0.4, -0.2) is 35.4 Å². The molecular weight excluding hydrogens is 388 g/mol. The van der Waals surface area contributed by atoms with Gasteiger partial charge >= 0.3 is 0 Å². The normalized spacial score (nSPS) is 12.2. The fourth-order valence-electron chi connectivity index (χ4n) is 3.45. The molecule has 1 atom stereocenters. The maximum absolute atomic E-state index is 13.3. The zero-order valence-corrected chi connectivity index (χ0v) is 19.7. The van der Waals surface area contributed by atoms with Crippen LogP contribution in [0, 0.1) is 6.92 Å². The van der Waals surface area contributed by atoms with Crippen molar-refractivity contribution in [2.24, 2.45) is 0 Å². The molecule has 2 aromatic carbocycles. The minimum Gasteiger partial charge on any atom is -0.497 e. The molecule has 31 heavy (non-hydrogen) atoms. The molecule has 0 bridgehead atoms. The largest absolute Gasteiger partial charge is 0.497 e. The van der Waals surface area contributed by atoms with Crippen molar-refractivity contribution in [2.75, 3.05) is 7.11 Å². The first kappa shape index (κ1) is 24.4. The third-order valence-corrected chi connectivity index (χ3v) is 5.14. The SMILES string of the molecule is CC[C@H](C(=O)NC(C)(C)C)N(Cc1ccc(OC)cc1)C(=O)CCc1ccc(C)cc1. The molecule has 1 N–H and O–H groups in total. The van der Waals surface area contributed by atoms with Crippen LogP contribution in [0.25, 0.3) is 0 Å². The minimum absolute atomic E-state index is 0.0210. The topological polar surface area (TPSA) is 58.6 Å². The van der Waals surface area contributed by atoms with Gasteiger partial charge in [0, 0.05) is 18.5 Å². The first-order valence-electron chi connectivity index (χ1n) is 10.9. The van der Waals surface area contributed by atoms with E-state index in [1.807, 2.05) is 58.9 Å². The zero-order chi connectivity index (χ0) is 23.0. The number of hydrogen-bond acceptors (Lipinski definition) is 3. The molecule has 0 spiro atoms. The number of benzene rings is 2. The molecule has 0 saturated carbocycles. The van der Waals surface area contributed by atoms with E-state index in [4.69, 9.17) is 4.74 Å². The molecular formula is C26H36N2O3. The Morgan fingerprint density at radius 2 is 1.58 bits per heavy atom. The van der Waals surface area contributed by atoms with Crippen LogP contribution in [0.2, 0.25) is 0 Å². The van der Waals surface area contributed by atoms with Crippen molar-refractivity contribution < 1.29 is 14.3 Å². The van der Waals surface area contributed by atoms with E-state index in [2.05, 4.69) is 29.6 Å². The lowest BCUT2D eigenvalue weighted by atomic mass is 10.0. The number of carbonyl (C=O) groups is 2. The Kier molecular flexibility index (Phi) is 8.66. The Morgan fingerprint density at radius 3 is 2.10 bits per heavy atom. The molecule has 5 heteroatoms. The highest BCUT2D eigenvalue weighted by Gasteiger charge is 2.30. The maximum atomic E-state index is 13.3. The van der Waals surface area contributed by atoms with Gasteiger partial charge in [0.15, 0.2) is 0 Å². The summed E-state index contributed by atoms with van der Waals surface area (Å²) in [6.07, 6.45) is 1.56. The van der Waals surface area contributed by atoms with E-state index in [1.165, 1.54) is 5.56 Å². The van der Waals surface area contributed by atoms with Crippen LogP contribution in [0.3, 0.4) is 0 Å². The van der Waals surface area contributed by atoms with Crippen molar-refractivity contribution >= 4 is 11.8 Å². The Labute approximate surface area is 186 Å². The van der Waals surface area contributed by atoms with Gasteiger partial charge in [0.2, 0.25) is 11.8 Å². The Bertz CT molecular complexity index is 852. The second kappa shape index (κ2) is 11.0. The van der Waals surface area contributed by atoms with Gasteiger partial charge in [0.25, 0.3) is 0 Å². The summed E-state index contributed by atoms with van der Waals surface area (Å²) in [6, 6.07) is 15.3. The van der Waals surface area contributed by atoms with Crippen LogP contribution in [0.5, 0.6) is 5.75 Å². The highest BCUT2D eigenvalue weighted by Crippen LogP contribution is 2.18. The summed E-state index contributed by atoms with van der Waals surface area (Å²) in [5.74, 6) is 0.623. The number of nitrogens with one attached hydrogen (secondary N) is 1. The molecule has 2 aromatic rings. The van der Waals surface area contributed by atoms with Crippen molar-refractivity contribution in [3.05, 3.63) is 65.2 Å². The third kappa shape index (κ3) is 7.74. The van der Waals surface area contributed by atoms with Crippen molar-refractivity contribution in [1.29, 1.82) is 0 Å². The minimum atomic E-state index is -0.521. The number of hydrogen-bond donors (Lipinski definition) is 1. The first-order chi connectivity index (χ1) is 14.6. The monoisotopic (exact) mass is 424 g/mol. The van der Waals surface area contributed by atoms with Crippen LogP contribution >= 0.6 is 0 Å². The number of ether oxygens (including phenoxy) is 1. The summed E-state index contributed by atoms with van der Waals surface area (Å²) in [6.45, 7) is 10.2. The van der Waals surface area contributed by atoms with Crippen LogP contribution in [0.4, 0.5) is 0 Å². The number of aryl methyl sites for hydroxylation is 2. The van der Waals surface area contributed by atoms with Crippen LogP contribution in [0.1, 0.15) is 57.2 Å². The molecule has 0 radical (unpaired) electrons. The van der Waals surface area contributed by atoms with Crippen molar-refractivity contribution in [3.8, 4) is 5.75 Å². The summed E-state index contributed by atoms with van der Waals surface area (Å²) in [4.78, 5) is 28.0. The number of amides is 2. The molecule has 0 unspecified atom stereocenters. The molecule has 0 aliphatic heterocycles. The van der Waals surface area contributed by atoms with Crippen LogP contribution < -0.4 is 10.1 Å². The summed E-state index contributed by atoms with van der Waals surface area (Å²) in [5, 5.41) is 3.04. The highest BCUT2D eigenvalue weighted by molar-refractivity contribution is 5.88. The molecule has 2 amide bonds. The Balaban J connectivity index is 2.22. The Hall–Kier alpha value is -2.82. The number of methoxy groups -OCH3 is 1. The molecule has 168 valence electrons. The average molecular weight is 425 g/mol. The van der Waals surface area contributed by atoms with E-state index in [-0.39, 0.29) is 17.4 Å². The quantitative estimate of drug-likeness (QED) is 0.637. The highest BCUT2D eigenvalue weighted by atomic mass is 16.5. The van der Waals surface area contributed by atoms with E-state index in [9.17, 15) is 9.59 Å². The second-order valence-corrected chi connectivity index (χ2v) is 9.02. The molecule has 5 nitrogen and oxygen atoms in total. The van der Waals surface area contributed by atoms with Gasteiger partial charge in [-0.2, -0.15) is 0 Å². The molecule has 0 heterocycles. The van der Waals surface area contributed by atoms with Gasteiger partial charge < -0.3 is 15.0 Å². The maximum Gasteiger partial charge on any atom is 0.243 e. The van der Waals surface area contributed by atoms with E-state index < -0.39 is 6.04 Å². The third-order valence-electron chi connectivity index (χ3n) is 5.14. The summed E-state index contributed by atoms with van der Waals surface area (Å²) < 4.78 is 5.23. The standard InChI is InChI=1S/C26H36N2O3/c1-7-23(25(30)27-26(3,4)5)28(18-21-12-15-22(31-6)16-13-21)24(29)17-14-20-10-8-19(2)9-11-20/h8-13,15-16,23H,7,14,17-18H2,1-6H3,(H,27,30)/t23-/m1/s1. The summed E-state index contributed by atoms with van der Waals surface area (Å²) in [5.41, 5.74) is 2.92. The number of nitrogens with zero attached hydrogens (tertiary/aromatic N) is 1. The lowest BCUT2D eigenvalue weighted by molar-refractivity contribution is -0.142. The van der Waals surface area contributed by atoms with Crippen LogP contribution in [-0.2, 0) is 22.6 Å². The second-order valence-electron chi connectivity index (χ2n) is 9.02. The van der Waals surface area contributed by atoms with Gasteiger partial charge in [-0.1, -0.05) is 48.9 Å². The lowest BCUT2D eigenvalue weighted by Crippen LogP contribution is -2.53. The van der Waals surface area contributed by atoms with E-state index >= 15 is 0 Å². The average Bonchev–Trinajstić information content (AvgIpc) is 2.72. The smallest absolute Gasteiger partial charge is 0.243 e. The zero-order valence-electron chi connectivity index (χ0n) is 19.7. The molecule has 2 rings (SSSR count). The summed E-state index contributed by atoms with van der Waals surface area (Å²) in [7, 11) is 1.62. The van der Waals surface area contributed by atoms with Gasteiger partial charge in [-0.3, -0.25) is 9.59 Å². The van der Waals surface area contributed by atoms with E-state index in [0.29, 0.717) is 25.8 Å². The number of carbonyl (C=O) groups excluding carboxylic acids is 2. The van der Waals surface area contributed by atoms with E-state index in [0.717, 1.165) is 16.9 Å². The predicted octanol–water partition coefficient (Wildman–Crippen LogP) is 4.66. The first-order valence-corrected chi connectivity index (χ1v) is 10.9. The fraction of sp³-hybridized carbons (Fsp3) is 0.462. The predicted molar refractivity (Wildman–Crippen MR) is 125 cm³/mol. The van der Waals surface area contributed by atoms with Gasteiger partial charge in [-0.25, -0.2) is 0 Å². The van der Waals surface area contributed by atoms with Crippen LogP contribution in [0.15, 0.2) is 48.5 Å². The number of rotatable bonds is 9. The van der Waals surface area contributed by atoms with Gasteiger partial charge in [-0.05, 0) is 63.8 Å². The van der Waals surface area contributed by atoms with Crippen molar-refractivity contribution in [2.45, 2.75) is 72.0 Å². The molecule has 0 aliphatic rings. The summed E-state index contributed by atoms with van der Waals surface area (Å²) >= 11 is 0. The molecule has 0 saturated heterocycles. The lowest BCUT2D eigenvalue weighted by Gasteiger charge is -2.33. The van der Waals surface area contributed by atoms with Gasteiger partial charge in [0.05, 0.1) is 7.11 Å². The van der Waals surface area contributed by atoms with Crippen molar-refractivity contribution in [1.82, 2.24) is 10.2 Å². The molecule has 0 aliphatic carbocycles. The van der Waals surface area contributed by atoms with E-state index in [1.54, 1.807) is 12.0 Å². The van der Waals surface area contributed by atoms with Gasteiger partial charge in [-0.15, -0.1) is 0 Å².